The van der Waals surface area contributed by atoms with Gasteiger partial charge in [0.2, 0.25) is 5.95 Å². The molecule has 4 aromatic rings. The molecule has 0 radical (unpaired) electrons. The first-order chi connectivity index (χ1) is 15.1. The van der Waals surface area contributed by atoms with Crippen molar-refractivity contribution in [1.29, 1.82) is 0 Å². The second kappa shape index (κ2) is 7.71. The van der Waals surface area contributed by atoms with Gasteiger partial charge in [0.05, 0.1) is 5.69 Å². The Labute approximate surface area is 176 Å². The molecular formula is C21H20FN7O2. The fourth-order valence-electron chi connectivity index (χ4n) is 3.88. The third-order valence-electron chi connectivity index (χ3n) is 5.34. The van der Waals surface area contributed by atoms with Crippen molar-refractivity contribution >= 4 is 17.8 Å². The Kier molecular flexibility index (Phi) is 4.73. The molecule has 1 aliphatic rings. The van der Waals surface area contributed by atoms with Crippen molar-refractivity contribution in [2.45, 2.75) is 18.9 Å². The van der Waals surface area contributed by atoms with E-state index in [0.717, 1.165) is 18.4 Å². The number of nitrogens with one attached hydrogen (secondary N) is 1. The van der Waals surface area contributed by atoms with Crippen molar-refractivity contribution in [3.63, 3.8) is 0 Å². The van der Waals surface area contributed by atoms with Crippen molar-refractivity contribution in [2.75, 3.05) is 18.4 Å². The Bertz CT molecular complexity index is 1230. The van der Waals surface area contributed by atoms with Crippen LogP contribution in [0.4, 0.5) is 15.1 Å². The lowest BCUT2D eigenvalue weighted by Crippen LogP contribution is -2.47. The Morgan fingerprint density at radius 1 is 1.23 bits per heavy atom. The average molecular weight is 421 g/mol. The minimum Gasteiger partial charge on any atom is -0.432 e. The minimum absolute atomic E-state index is 0.00690. The Morgan fingerprint density at radius 2 is 2.06 bits per heavy atom. The number of hydrogen-bond acceptors (Lipinski definition) is 6. The van der Waals surface area contributed by atoms with E-state index < -0.39 is 6.03 Å². The molecule has 9 nitrogen and oxygen atoms in total. The Balaban J connectivity index is 1.50. The number of amides is 2. The molecule has 1 atom stereocenters. The maximum absolute atomic E-state index is 13.4. The predicted molar refractivity (Wildman–Crippen MR) is 112 cm³/mol. The number of likely N-dealkylation sites (tertiary alicyclic amines) is 1. The summed E-state index contributed by atoms with van der Waals surface area (Å²) in [5, 5.41) is 3.30. The van der Waals surface area contributed by atoms with E-state index in [-0.39, 0.29) is 11.9 Å². The number of carbonyl (C=O) groups excluding carboxylic acids is 1. The first-order valence-corrected chi connectivity index (χ1v) is 9.94. The molecule has 10 heteroatoms. The fraction of sp³-hybridized carbons (Fsp3) is 0.238. The number of urea groups is 1. The largest absolute Gasteiger partial charge is 0.432 e. The summed E-state index contributed by atoms with van der Waals surface area (Å²) in [4.78, 5) is 26.7. The van der Waals surface area contributed by atoms with Gasteiger partial charge in [0.1, 0.15) is 23.5 Å². The van der Waals surface area contributed by atoms with Crippen LogP contribution in [0.15, 0.2) is 53.4 Å². The number of benzene rings is 1. The predicted octanol–water partition coefficient (Wildman–Crippen LogP) is 3.15. The first kappa shape index (κ1) is 19.0. The molecule has 1 unspecified atom stereocenters. The van der Waals surface area contributed by atoms with E-state index in [1.807, 2.05) is 0 Å². The number of nitrogens with zero attached hydrogens (tertiary/aromatic N) is 5. The number of aromatic nitrogens is 4. The number of anilines is 1. The van der Waals surface area contributed by atoms with E-state index in [0.29, 0.717) is 42.0 Å². The van der Waals surface area contributed by atoms with Crippen LogP contribution in [0, 0.1) is 5.82 Å². The minimum atomic E-state index is -0.424. The third kappa shape index (κ3) is 3.67. The molecule has 2 amide bonds. The van der Waals surface area contributed by atoms with Crippen LogP contribution < -0.4 is 11.1 Å². The number of piperidine rings is 1. The topological polar surface area (TPSA) is 115 Å². The summed E-state index contributed by atoms with van der Waals surface area (Å²) >= 11 is 0. The monoisotopic (exact) mass is 421 g/mol. The van der Waals surface area contributed by atoms with Crippen molar-refractivity contribution in [1.82, 2.24) is 24.3 Å². The van der Waals surface area contributed by atoms with Crippen LogP contribution in [0.5, 0.6) is 0 Å². The van der Waals surface area contributed by atoms with E-state index >= 15 is 0 Å². The van der Waals surface area contributed by atoms with E-state index in [1.165, 1.54) is 12.1 Å². The second-order valence-corrected chi connectivity index (χ2v) is 7.40. The van der Waals surface area contributed by atoms with Gasteiger partial charge in [-0.25, -0.2) is 19.2 Å². The second-order valence-electron chi connectivity index (χ2n) is 7.40. The summed E-state index contributed by atoms with van der Waals surface area (Å²) < 4.78 is 20.7. The molecule has 158 valence electrons. The van der Waals surface area contributed by atoms with Crippen molar-refractivity contribution < 1.29 is 13.6 Å². The van der Waals surface area contributed by atoms with Crippen LogP contribution in [0.2, 0.25) is 0 Å². The lowest BCUT2D eigenvalue weighted by molar-refractivity contribution is 0.192. The van der Waals surface area contributed by atoms with Gasteiger partial charge in [-0.1, -0.05) is 0 Å². The standard InChI is InChI=1S/C21H20FN7O2/c22-14-5-3-13(4-6-14)17-18(29-10-11-31-21(29)27-17)16-7-8-24-20(26-16)25-15-2-1-9-28(12-15)19(23)30/h3-8,10-11,15H,1-2,9,12H2,(H2,23,30)(H,24,25,26). The Morgan fingerprint density at radius 3 is 2.87 bits per heavy atom. The quantitative estimate of drug-likeness (QED) is 0.523. The highest BCUT2D eigenvalue weighted by atomic mass is 19.1. The maximum atomic E-state index is 13.4. The molecular weight excluding hydrogens is 401 g/mol. The number of hydrogen-bond donors (Lipinski definition) is 2. The van der Waals surface area contributed by atoms with Gasteiger partial charge in [0.25, 0.3) is 0 Å². The molecule has 5 rings (SSSR count). The summed E-state index contributed by atoms with van der Waals surface area (Å²) in [5.74, 6) is 0.531. The summed E-state index contributed by atoms with van der Waals surface area (Å²) in [6.07, 6.45) is 6.70. The zero-order valence-electron chi connectivity index (χ0n) is 16.5. The molecule has 1 aromatic carbocycles. The lowest BCUT2D eigenvalue weighted by atomic mass is 10.1. The number of primary amides is 1. The number of fused-ring (bicyclic) bond motifs is 1. The van der Waals surface area contributed by atoms with Gasteiger partial charge in [-0.3, -0.25) is 4.40 Å². The molecule has 3 aromatic heterocycles. The van der Waals surface area contributed by atoms with E-state index in [4.69, 9.17) is 10.2 Å². The average Bonchev–Trinajstić information content (AvgIpc) is 3.36. The van der Waals surface area contributed by atoms with Crippen molar-refractivity contribution in [3.05, 3.63) is 54.8 Å². The molecule has 3 N–H and O–H groups in total. The molecule has 1 aliphatic heterocycles. The van der Waals surface area contributed by atoms with Crippen LogP contribution in [-0.2, 0) is 0 Å². The van der Waals surface area contributed by atoms with Crippen LogP contribution in [0.1, 0.15) is 12.8 Å². The van der Waals surface area contributed by atoms with Crippen LogP contribution in [0.25, 0.3) is 28.5 Å². The van der Waals surface area contributed by atoms with Gasteiger partial charge in [0.15, 0.2) is 0 Å². The fourth-order valence-corrected chi connectivity index (χ4v) is 3.88. The molecule has 0 spiro atoms. The highest BCUT2D eigenvalue weighted by Gasteiger charge is 2.23. The smallest absolute Gasteiger partial charge is 0.314 e. The highest BCUT2D eigenvalue weighted by Crippen LogP contribution is 2.32. The van der Waals surface area contributed by atoms with Gasteiger partial charge >= 0.3 is 11.9 Å². The molecule has 1 fully saturated rings. The normalized spacial score (nSPS) is 16.5. The third-order valence-corrected chi connectivity index (χ3v) is 5.34. The zero-order valence-corrected chi connectivity index (χ0v) is 16.5. The van der Waals surface area contributed by atoms with Crippen LogP contribution in [0.3, 0.4) is 0 Å². The van der Waals surface area contributed by atoms with Crippen LogP contribution >= 0.6 is 0 Å². The molecule has 4 heterocycles. The summed E-state index contributed by atoms with van der Waals surface area (Å²) in [7, 11) is 0. The summed E-state index contributed by atoms with van der Waals surface area (Å²) in [5.41, 5.74) is 8.13. The first-order valence-electron chi connectivity index (χ1n) is 9.94. The van der Waals surface area contributed by atoms with Crippen LogP contribution in [-0.4, -0.2) is 49.4 Å². The maximum Gasteiger partial charge on any atom is 0.314 e. The van der Waals surface area contributed by atoms with Gasteiger partial charge in [-0.05, 0) is 43.2 Å². The molecule has 1 saturated heterocycles. The lowest BCUT2D eigenvalue weighted by Gasteiger charge is -2.31. The van der Waals surface area contributed by atoms with Gasteiger partial charge < -0.3 is 20.4 Å². The summed E-state index contributed by atoms with van der Waals surface area (Å²) in [6.45, 7) is 1.16. The van der Waals surface area contributed by atoms with Crippen molar-refractivity contribution in [2.24, 2.45) is 5.73 Å². The summed E-state index contributed by atoms with van der Waals surface area (Å²) in [6, 6.07) is 7.48. The molecule has 31 heavy (non-hydrogen) atoms. The number of nitrogens with two attached hydrogens (primary N) is 1. The number of rotatable bonds is 4. The molecule has 0 bridgehead atoms. The Hall–Kier alpha value is -3.95. The number of halogens is 1. The van der Waals surface area contributed by atoms with E-state index in [9.17, 15) is 9.18 Å². The van der Waals surface area contributed by atoms with E-state index in [1.54, 1.807) is 46.2 Å². The molecule has 0 aliphatic carbocycles. The molecule has 0 saturated carbocycles. The van der Waals surface area contributed by atoms with Gasteiger partial charge in [0, 0.05) is 37.1 Å². The highest BCUT2D eigenvalue weighted by molar-refractivity contribution is 5.79. The SMILES string of the molecule is NC(=O)N1CCCC(Nc2nccc(-c3c(-c4ccc(F)cc4)nc4occn34)n2)C1. The van der Waals surface area contributed by atoms with Gasteiger partial charge in [-0.2, -0.15) is 4.98 Å². The number of imidazole rings is 1. The van der Waals surface area contributed by atoms with Crippen molar-refractivity contribution in [3.8, 4) is 22.6 Å². The van der Waals surface area contributed by atoms with E-state index in [2.05, 4.69) is 20.3 Å². The number of carbonyl (C=O) groups is 1. The zero-order chi connectivity index (χ0) is 21.4. The van der Waals surface area contributed by atoms with Gasteiger partial charge in [-0.15, -0.1) is 0 Å². The number of oxazole rings is 1.